The first-order valence-electron chi connectivity index (χ1n) is 25.9. The van der Waals surface area contributed by atoms with Crippen LogP contribution in [0.1, 0.15) is 108 Å². The number of nitrogens with one attached hydrogen (secondary N) is 4. The third kappa shape index (κ3) is 10.4. The fraction of sp³-hybridized carbons (Fsp3) is 0.536. The summed E-state index contributed by atoms with van der Waals surface area (Å²) in [6.07, 6.45) is 14.2. The van der Waals surface area contributed by atoms with Crippen molar-refractivity contribution in [3.8, 4) is 22.6 Å². The molecule has 0 spiro atoms. The molecule has 13 nitrogen and oxygen atoms in total. The van der Waals surface area contributed by atoms with Gasteiger partial charge in [0, 0.05) is 65.3 Å². The van der Waals surface area contributed by atoms with Crippen LogP contribution in [-0.4, -0.2) is 104 Å². The maximum atomic E-state index is 14.7. The molecule has 0 radical (unpaired) electrons. The Morgan fingerprint density at radius 3 is 1.43 bits per heavy atom. The van der Waals surface area contributed by atoms with Gasteiger partial charge in [0.25, 0.3) is 5.91 Å². The lowest BCUT2D eigenvalue weighted by Crippen LogP contribution is -2.57. The van der Waals surface area contributed by atoms with Gasteiger partial charge in [-0.15, -0.1) is 0 Å². The molecule has 4 fully saturated rings. The van der Waals surface area contributed by atoms with Gasteiger partial charge >= 0.3 is 0 Å². The number of ether oxygens (including phenoxy) is 1. The molecule has 368 valence electrons. The van der Waals surface area contributed by atoms with Crippen molar-refractivity contribution in [1.82, 2.24) is 31.1 Å². The average Bonchev–Trinajstić information content (AvgIpc) is 4.21. The Hall–Kier alpha value is -5.50. The number of nitrogens with zero attached hydrogens (tertiary/aromatic N) is 2. The van der Waals surface area contributed by atoms with Gasteiger partial charge in [-0.05, 0) is 109 Å². The van der Waals surface area contributed by atoms with E-state index in [0.29, 0.717) is 25.9 Å². The number of methoxy groups -OCH3 is 1. The molecule has 2 aromatic heterocycles. The summed E-state index contributed by atoms with van der Waals surface area (Å²) in [6.45, 7) is 3.14. The number of likely N-dealkylation sites (tertiary alicyclic amines) is 2. The van der Waals surface area contributed by atoms with Crippen molar-refractivity contribution in [2.24, 2.45) is 11.8 Å². The molecule has 6 atom stereocenters. The summed E-state index contributed by atoms with van der Waals surface area (Å²) in [7, 11) is 4.94. The van der Waals surface area contributed by atoms with Crippen LogP contribution < -0.4 is 21.3 Å². The molecule has 0 bridgehead atoms. The van der Waals surface area contributed by atoms with Gasteiger partial charge in [-0.25, -0.2) is 0 Å². The van der Waals surface area contributed by atoms with Gasteiger partial charge in [0.05, 0.1) is 6.04 Å². The van der Waals surface area contributed by atoms with Crippen molar-refractivity contribution in [2.45, 2.75) is 146 Å². The third-order valence-electron chi connectivity index (χ3n) is 15.9. The zero-order valence-electron chi connectivity index (χ0n) is 41.0. The Bertz CT molecular complexity index is 2570. The molecule has 3 aromatic carbocycles. The Morgan fingerprint density at radius 2 is 1.01 bits per heavy atom. The number of hydrogen-bond donors (Lipinski definition) is 4. The van der Waals surface area contributed by atoms with Gasteiger partial charge in [-0.3, -0.25) is 24.5 Å². The predicted octanol–water partition coefficient (Wildman–Crippen LogP) is 8.51. The van der Waals surface area contributed by atoms with Gasteiger partial charge in [0.2, 0.25) is 17.7 Å². The molecule has 4 aliphatic rings. The number of furan rings is 2. The van der Waals surface area contributed by atoms with Crippen LogP contribution in [-0.2, 0) is 36.8 Å². The lowest BCUT2D eigenvalue weighted by molar-refractivity contribution is -0.142. The lowest BCUT2D eigenvalue weighted by atomic mass is 9.83. The minimum atomic E-state index is -0.839. The molecular weight excluding hydrogens is 869 g/mol. The van der Waals surface area contributed by atoms with E-state index < -0.39 is 24.4 Å². The SMILES string of the molecule is CN[C@@H](C)C(=O)N[C@H](C(=O)N1CCC[C@H]1Cc1c(-c2ccc(-c3oc4ccccc4c3C[C@@H]3CCCN3C(=O)[C@@H](NC(=O)[C@@H](NC)OC)C3CCCCC3)cc2)oc2ccccc12)C1CCCCC1. The summed E-state index contributed by atoms with van der Waals surface area (Å²) < 4.78 is 18.8. The minimum absolute atomic E-state index is 0.0101. The molecule has 13 heteroatoms. The fourth-order valence-corrected chi connectivity index (χ4v) is 12.0. The van der Waals surface area contributed by atoms with Gasteiger partial charge < -0.3 is 39.3 Å². The standard InChI is InChI=1S/C56H72N6O7/c1-35(57-2)52(63)59-48(36-17-7-5-8-18-36)55(65)61-31-15-21-40(61)33-44-42-23-11-13-25-46(42)68-50(44)38-27-29-39(30-28-38)51-45(43-24-12-14-26-47(43)69-51)34-41-22-16-32-62(41)56(66)49(37-19-9-6-10-20-37)60-53(64)54(58-3)67-4/h11-14,23-30,35-37,40-41,48-49,54,57-58H,5-10,15-22,31-34H2,1-4H3,(H,59,63)(H,60,64)/t35-,40-,41-,48-,49-,54-/m0/s1. The molecular formula is C56H72N6O7. The van der Waals surface area contributed by atoms with Crippen LogP contribution >= 0.6 is 0 Å². The van der Waals surface area contributed by atoms with E-state index in [0.717, 1.165) is 139 Å². The van der Waals surface area contributed by atoms with E-state index in [9.17, 15) is 19.2 Å². The van der Waals surface area contributed by atoms with E-state index in [1.807, 2.05) is 53.1 Å². The first-order valence-corrected chi connectivity index (χ1v) is 25.9. The molecule has 2 saturated heterocycles. The molecule has 4 heterocycles. The van der Waals surface area contributed by atoms with Crippen LogP contribution in [0.25, 0.3) is 44.6 Å². The van der Waals surface area contributed by atoms with Crippen molar-refractivity contribution >= 4 is 45.6 Å². The lowest BCUT2D eigenvalue weighted by Gasteiger charge is -2.35. The van der Waals surface area contributed by atoms with E-state index in [-0.39, 0.29) is 47.5 Å². The zero-order chi connectivity index (χ0) is 48.0. The Balaban J connectivity index is 0.981. The van der Waals surface area contributed by atoms with Crippen molar-refractivity contribution < 1.29 is 32.7 Å². The van der Waals surface area contributed by atoms with Crippen LogP contribution in [0.2, 0.25) is 0 Å². The summed E-state index contributed by atoms with van der Waals surface area (Å²) in [6, 6.07) is 23.0. The molecule has 9 rings (SSSR count). The number of hydrogen-bond acceptors (Lipinski definition) is 9. The van der Waals surface area contributed by atoms with Gasteiger partial charge in [-0.1, -0.05) is 99.2 Å². The monoisotopic (exact) mass is 941 g/mol. The Labute approximate surface area is 406 Å². The molecule has 0 unspecified atom stereocenters. The number of para-hydroxylation sites is 2. The third-order valence-corrected chi connectivity index (χ3v) is 15.9. The van der Waals surface area contributed by atoms with Crippen LogP contribution in [0.5, 0.6) is 0 Å². The van der Waals surface area contributed by atoms with E-state index >= 15 is 0 Å². The highest BCUT2D eigenvalue weighted by atomic mass is 16.5. The van der Waals surface area contributed by atoms with Gasteiger partial charge in [-0.2, -0.15) is 0 Å². The fourth-order valence-electron chi connectivity index (χ4n) is 12.0. The summed E-state index contributed by atoms with van der Waals surface area (Å²) in [5, 5.41) is 14.3. The van der Waals surface area contributed by atoms with Crippen LogP contribution in [0.3, 0.4) is 0 Å². The maximum absolute atomic E-state index is 14.7. The van der Waals surface area contributed by atoms with Gasteiger partial charge in [0.1, 0.15) is 34.8 Å². The quantitative estimate of drug-likeness (QED) is 0.0671. The minimum Gasteiger partial charge on any atom is -0.456 e. The second-order valence-corrected chi connectivity index (χ2v) is 20.1. The van der Waals surface area contributed by atoms with Crippen LogP contribution in [0.15, 0.2) is 81.6 Å². The maximum Gasteiger partial charge on any atom is 0.264 e. The van der Waals surface area contributed by atoms with Crippen molar-refractivity contribution in [3.05, 3.63) is 83.9 Å². The number of amides is 4. The Kier molecular flexibility index (Phi) is 15.5. The normalized spacial score (nSPS) is 21.1. The highest BCUT2D eigenvalue weighted by Crippen LogP contribution is 2.41. The number of carbonyl (C=O) groups is 4. The average molecular weight is 941 g/mol. The molecule has 69 heavy (non-hydrogen) atoms. The Morgan fingerprint density at radius 1 is 0.580 bits per heavy atom. The number of likely N-dealkylation sites (N-methyl/N-ethyl adjacent to an activating group) is 2. The molecule has 2 aliphatic carbocycles. The van der Waals surface area contributed by atoms with E-state index in [4.69, 9.17) is 13.6 Å². The van der Waals surface area contributed by atoms with Crippen molar-refractivity contribution in [2.75, 3.05) is 34.3 Å². The summed E-state index contributed by atoms with van der Waals surface area (Å²) in [5.41, 5.74) is 5.60. The summed E-state index contributed by atoms with van der Waals surface area (Å²) >= 11 is 0. The van der Waals surface area contributed by atoms with Crippen LogP contribution in [0.4, 0.5) is 0 Å². The van der Waals surface area contributed by atoms with E-state index in [2.05, 4.69) is 57.7 Å². The van der Waals surface area contributed by atoms with E-state index in [1.165, 1.54) is 13.5 Å². The highest BCUT2D eigenvalue weighted by molar-refractivity contribution is 5.93. The number of fused-ring (bicyclic) bond motifs is 2. The summed E-state index contributed by atoms with van der Waals surface area (Å²) in [4.78, 5) is 60.1. The first kappa shape index (κ1) is 48.5. The van der Waals surface area contributed by atoms with E-state index in [1.54, 1.807) is 14.1 Å². The molecule has 4 N–H and O–H groups in total. The van der Waals surface area contributed by atoms with Crippen LogP contribution in [0, 0.1) is 11.8 Å². The van der Waals surface area contributed by atoms with Crippen molar-refractivity contribution in [3.63, 3.8) is 0 Å². The summed E-state index contributed by atoms with van der Waals surface area (Å²) in [5.74, 6) is 1.34. The highest BCUT2D eigenvalue weighted by Gasteiger charge is 2.41. The first-order chi connectivity index (χ1) is 33.7. The largest absolute Gasteiger partial charge is 0.456 e. The number of rotatable bonds is 17. The number of benzene rings is 3. The van der Waals surface area contributed by atoms with Gasteiger partial charge in [0.15, 0.2) is 6.23 Å². The topological polar surface area (TPSA) is 158 Å². The number of carbonyl (C=O) groups excluding carboxylic acids is 4. The molecule has 5 aromatic rings. The smallest absolute Gasteiger partial charge is 0.264 e. The molecule has 2 aliphatic heterocycles. The van der Waals surface area contributed by atoms with Crippen molar-refractivity contribution in [1.29, 1.82) is 0 Å². The zero-order valence-corrected chi connectivity index (χ0v) is 41.0. The second-order valence-electron chi connectivity index (χ2n) is 20.1. The second kappa shape index (κ2) is 22.1. The predicted molar refractivity (Wildman–Crippen MR) is 269 cm³/mol. The molecule has 4 amide bonds. The molecule has 2 saturated carbocycles.